The van der Waals surface area contributed by atoms with Crippen LogP contribution in [0, 0.1) is 0 Å². The largest absolute Gasteiger partial charge is 0.385 e. The summed E-state index contributed by atoms with van der Waals surface area (Å²) >= 11 is 1.79. The van der Waals surface area contributed by atoms with Crippen LogP contribution in [0.4, 0.5) is 0 Å². The van der Waals surface area contributed by atoms with Gasteiger partial charge in [0.15, 0.2) is 0 Å². The SMILES string of the molecule is CCNC(C)c1ccnc(SCCCOC)c1. The average molecular weight is 254 g/mol. The molecule has 1 unspecified atom stereocenters. The first-order chi connectivity index (χ1) is 8.27. The van der Waals surface area contributed by atoms with Crippen molar-refractivity contribution >= 4 is 11.8 Å². The highest BCUT2D eigenvalue weighted by Gasteiger charge is 2.05. The van der Waals surface area contributed by atoms with Gasteiger partial charge in [-0.2, -0.15) is 0 Å². The Bertz CT molecular complexity index is 320. The fraction of sp³-hybridized carbons (Fsp3) is 0.615. The van der Waals surface area contributed by atoms with Gasteiger partial charge in [0.2, 0.25) is 0 Å². The molecule has 3 nitrogen and oxygen atoms in total. The molecule has 0 spiro atoms. The van der Waals surface area contributed by atoms with Crippen LogP contribution in [-0.2, 0) is 4.74 Å². The monoisotopic (exact) mass is 254 g/mol. The van der Waals surface area contributed by atoms with E-state index in [4.69, 9.17) is 4.74 Å². The third-order valence-electron chi connectivity index (χ3n) is 2.51. The number of ether oxygens (including phenoxy) is 1. The summed E-state index contributed by atoms with van der Waals surface area (Å²) in [5.41, 5.74) is 1.30. The molecule has 1 atom stereocenters. The van der Waals surface area contributed by atoms with Crippen LogP contribution in [0.5, 0.6) is 0 Å². The normalized spacial score (nSPS) is 12.6. The zero-order valence-corrected chi connectivity index (χ0v) is 11.7. The Morgan fingerprint density at radius 2 is 2.35 bits per heavy atom. The van der Waals surface area contributed by atoms with Crippen LogP contribution in [-0.4, -0.2) is 31.0 Å². The summed E-state index contributed by atoms with van der Waals surface area (Å²) in [5.74, 6) is 1.06. The number of thioether (sulfide) groups is 1. The minimum absolute atomic E-state index is 0.390. The maximum atomic E-state index is 5.03. The van der Waals surface area contributed by atoms with E-state index in [0.717, 1.165) is 30.4 Å². The van der Waals surface area contributed by atoms with E-state index in [2.05, 4.69) is 36.3 Å². The maximum Gasteiger partial charge on any atom is 0.0963 e. The van der Waals surface area contributed by atoms with Crippen LogP contribution in [0.2, 0.25) is 0 Å². The molecule has 0 amide bonds. The molecule has 1 heterocycles. The lowest BCUT2D eigenvalue weighted by Gasteiger charge is -2.13. The maximum absolute atomic E-state index is 5.03. The fourth-order valence-electron chi connectivity index (χ4n) is 1.58. The average Bonchev–Trinajstić information content (AvgIpc) is 2.35. The molecule has 17 heavy (non-hydrogen) atoms. The molecule has 1 rings (SSSR count). The Hall–Kier alpha value is -0.580. The van der Waals surface area contributed by atoms with Crippen molar-refractivity contribution in [3.05, 3.63) is 23.9 Å². The second-order valence-corrected chi connectivity index (χ2v) is 5.02. The first-order valence-corrected chi connectivity index (χ1v) is 7.07. The van der Waals surface area contributed by atoms with Crippen LogP contribution >= 0.6 is 11.8 Å². The van der Waals surface area contributed by atoms with Gasteiger partial charge >= 0.3 is 0 Å². The molecule has 1 aromatic rings. The van der Waals surface area contributed by atoms with Gasteiger partial charge < -0.3 is 10.1 Å². The summed E-state index contributed by atoms with van der Waals surface area (Å²) < 4.78 is 5.03. The number of hydrogen-bond acceptors (Lipinski definition) is 4. The predicted octanol–water partition coefficient (Wildman–Crippen LogP) is 2.88. The molecule has 0 aromatic carbocycles. The van der Waals surface area contributed by atoms with Crippen LogP contribution < -0.4 is 5.32 Å². The second-order valence-electron chi connectivity index (χ2n) is 3.90. The quantitative estimate of drug-likeness (QED) is 0.571. The van der Waals surface area contributed by atoms with E-state index in [1.54, 1.807) is 18.9 Å². The lowest BCUT2D eigenvalue weighted by Crippen LogP contribution is -2.17. The standard InChI is InChI=1S/C13H22N2OS/c1-4-14-11(2)12-6-7-15-13(10-12)17-9-5-8-16-3/h6-7,10-11,14H,4-5,8-9H2,1-3H3. The van der Waals surface area contributed by atoms with Crippen molar-refractivity contribution in [2.24, 2.45) is 0 Å². The van der Waals surface area contributed by atoms with E-state index in [9.17, 15) is 0 Å². The minimum atomic E-state index is 0.390. The molecule has 4 heteroatoms. The second kappa shape index (κ2) is 8.50. The van der Waals surface area contributed by atoms with Gasteiger partial charge in [0.05, 0.1) is 5.03 Å². The Morgan fingerprint density at radius 3 is 3.06 bits per heavy atom. The van der Waals surface area contributed by atoms with Crippen molar-refractivity contribution in [2.45, 2.75) is 31.3 Å². The molecule has 0 saturated carbocycles. The van der Waals surface area contributed by atoms with E-state index in [-0.39, 0.29) is 0 Å². The molecule has 0 radical (unpaired) electrons. The number of hydrogen-bond donors (Lipinski definition) is 1. The number of aromatic nitrogens is 1. The Morgan fingerprint density at radius 1 is 1.53 bits per heavy atom. The smallest absolute Gasteiger partial charge is 0.0963 e. The summed E-state index contributed by atoms with van der Waals surface area (Å²) in [6.07, 6.45) is 2.96. The van der Waals surface area contributed by atoms with E-state index in [1.807, 2.05) is 6.20 Å². The molecule has 0 bridgehead atoms. The van der Waals surface area contributed by atoms with E-state index in [1.165, 1.54) is 5.56 Å². The predicted molar refractivity (Wildman–Crippen MR) is 73.5 cm³/mol. The van der Waals surface area contributed by atoms with Crippen molar-refractivity contribution < 1.29 is 4.74 Å². The number of rotatable bonds is 8. The van der Waals surface area contributed by atoms with Gasteiger partial charge in [-0.3, -0.25) is 0 Å². The number of nitrogens with one attached hydrogen (secondary N) is 1. The van der Waals surface area contributed by atoms with Gasteiger partial charge in [0, 0.05) is 31.7 Å². The van der Waals surface area contributed by atoms with Gasteiger partial charge in [-0.1, -0.05) is 6.92 Å². The lowest BCUT2D eigenvalue weighted by molar-refractivity contribution is 0.200. The first-order valence-electron chi connectivity index (χ1n) is 6.09. The highest BCUT2D eigenvalue weighted by atomic mass is 32.2. The van der Waals surface area contributed by atoms with Crippen molar-refractivity contribution in [3.8, 4) is 0 Å². The third kappa shape index (κ3) is 5.52. The number of pyridine rings is 1. The topological polar surface area (TPSA) is 34.2 Å². The molecule has 1 aromatic heterocycles. The molecule has 0 aliphatic rings. The fourth-order valence-corrected chi connectivity index (χ4v) is 2.40. The van der Waals surface area contributed by atoms with E-state index in [0.29, 0.717) is 6.04 Å². The van der Waals surface area contributed by atoms with Crippen LogP contribution in [0.1, 0.15) is 31.9 Å². The first kappa shape index (κ1) is 14.5. The van der Waals surface area contributed by atoms with Crippen LogP contribution in [0.3, 0.4) is 0 Å². The zero-order valence-electron chi connectivity index (χ0n) is 10.9. The Balaban J connectivity index is 2.47. The number of methoxy groups -OCH3 is 1. The molecule has 1 N–H and O–H groups in total. The Kier molecular flexibility index (Phi) is 7.24. The summed E-state index contributed by atoms with van der Waals surface area (Å²) in [4.78, 5) is 4.37. The zero-order chi connectivity index (χ0) is 12.5. The molecule has 0 saturated heterocycles. The summed E-state index contributed by atoms with van der Waals surface area (Å²) in [6.45, 7) is 6.11. The minimum Gasteiger partial charge on any atom is -0.385 e. The Labute approximate surface area is 108 Å². The summed E-state index contributed by atoms with van der Waals surface area (Å²) in [7, 11) is 1.74. The molecular weight excluding hydrogens is 232 g/mol. The highest BCUT2D eigenvalue weighted by Crippen LogP contribution is 2.20. The number of nitrogens with zero attached hydrogens (tertiary/aromatic N) is 1. The molecule has 0 fully saturated rings. The van der Waals surface area contributed by atoms with Gasteiger partial charge in [-0.15, -0.1) is 11.8 Å². The van der Waals surface area contributed by atoms with Crippen molar-refractivity contribution in [2.75, 3.05) is 26.0 Å². The molecule has 0 aliphatic carbocycles. The van der Waals surface area contributed by atoms with E-state index >= 15 is 0 Å². The summed E-state index contributed by atoms with van der Waals surface area (Å²) in [5, 5.41) is 4.51. The lowest BCUT2D eigenvalue weighted by atomic mass is 10.1. The van der Waals surface area contributed by atoms with E-state index < -0.39 is 0 Å². The third-order valence-corrected chi connectivity index (χ3v) is 3.52. The van der Waals surface area contributed by atoms with Gasteiger partial charge in [-0.25, -0.2) is 4.98 Å². The molecule has 0 aliphatic heterocycles. The van der Waals surface area contributed by atoms with Gasteiger partial charge in [0.1, 0.15) is 0 Å². The van der Waals surface area contributed by atoms with Crippen LogP contribution in [0.15, 0.2) is 23.4 Å². The van der Waals surface area contributed by atoms with Crippen molar-refractivity contribution in [1.82, 2.24) is 10.3 Å². The van der Waals surface area contributed by atoms with Crippen molar-refractivity contribution in [1.29, 1.82) is 0 Å². The summed E-state index contributed by atoms with van der Waals surface area (Å²) in [6, 6.07) is 4.64. The molecule has 96 valence electrons. The van der Waals surface area contributed by atoms with Crippen LogP contribution in [0.25, 0.3) is 0 Å². The van der Waals surface area contributed by atoms with Gasteiger partial charge in [0.25, 0.3) is 0 Å². The molecular formula is C13H22N2OS. The van der Waals surface area contributed by atoms with Crippen molar-refractivity contribution in [3.63, 3.8) is 0 Å². The van der Waals surface area contributed by atoms with Gasteiger partial charge in [-0.05, 0) is 37.6 Å². The highest BCUT2D eigenvalue weighted by molar-refractivity contribution is 7.99.